The molecule has 7 nitrogen and oxygen atoms in total. The predicted molar refractivity (Wildman–Crippen MR) is 90.4 cm³/mol. The average Bonchev–Trinajstić information content (AvgIpc) is 2.54. The fraction of sp³-hybridized carbons (Fsp3) is 0.167. The fourth-order valence-electron chi connectivity index (χ4n) is 2.19. The minimum Gasteiger partial charge on any atom is -0.493 e. The van der Waals surface area contributed by atoms with Crippen molar-refractivity contribution in [2.75, 3.05) is 12.4 Å². The highest BCUT2D eigenvalue weighted by Crippen LogP contribution is 2.29. The minimum absolute atomic E-state index is 0.0116. The molecule has 7 heteroatoms. The van der Waals surface area contributed by atoms with E-state index < -0.39 is 17.8 Å². The maximum Gasteiger partial charge on any atom is 0.337 e. The summed E-state index contributed by atoms with van der Waals surface area (Å²) in [5.74, 6) is -1.76. The molecule has 0 radical (unpaired) electrons. The van der Waals surface area contributed by atoms with Crippen molar-refractivity contribution in [3.8, 4) is 11.5 Å². The molecule has 0 spiro atoms. The van der Waals surface area contributed by atoms with Gasteiger partial charge in [-0.3, -0.25) is 9.59 Å². The van der Waals surface area contributed by atoms with E-state index in [4.69, 9.17) is 9.47 Å². The molecular formula is C18H17NO6. The van der Waals surface area contributed by atoms with E-state index in [-0.39, 0.29) is 28.3 Å². The molecule has 0 aliphatic heterocycles. The largest absolute Gasteiger partial charge is 0.493 e. The number of aromatic carboxylic acids is 1. The molecule has 0 aliphatic carbocycles. The Kier molecular flexibility index (Phi) is 5.38. The van der Waals surface area contributed by atoms with Crippen LogP contribution in [0.5, 0.6) is 11.5 Å². The highest BCUT2D eigenvalue weighted by molar-refractivity contribution is 6.08. The van der Waals surface area contributed by atoms with E-state index >= 15 is 0 Å². The van der Waals surface area contributed by atoms with Crippen LogP contribution in [0.1, 0.15) is 33.2 Å². The van der Waals surface area contributed by atoms with Gasteiger partial charge < -0.3 is 19.9 Å². The summed E-state index contributed by atoms with van der Waals surface area (Å²) in [7, 11) is 1.38. The van der Waals surface area contributed by atoms with Crippen molar-refractivity contribution in [2.24, 2.45) is 0 Å². The lowest BCUT2D eigenvalue weighted by Gasteiger charge is -2.12. The van der Waals surface area contributed by atoms with Crippen molar-refractivity contribution in [3.05, 3.63) is 53.1 Å². The first kappa shape index (κ1) is 18.0. The second-order valence-corrected chi connectivity index (χ2v) is 5.27. The number of ether oxygens (including phenoxy) is 2. The van der Waals surface area contributed by atoms with Gasteiger partial charge in [-0.2, -0.15) is 0 Å². The number of carboxylic acids is 1. The van der Waals surface area contributed by atoms with Gasteiger partial charge in [0, 0.05) is 12.5 Å². The van der Waals surface area contributed by atoms with E-state index in [1.54, 1.807) is 19.1 Å². The summed E-state index contributed by atoms with van der Waals surface area (Å²) in [6.45, 7) is 3.05. The molecule has 2 aromatic carbocycles. The smallest absolute Gasteiger partial charge is 0.337 e. The van der Waals surface area contributed by atoms with Gasteiger partial charge in [0.2, 0.25) is 0 Å². The lowest BCUT2D eigenvalue weighted by molar-refractivity contribution is -0.132. The summed E-state index contributed by atoms with van der Waals surface area (Å²) in [4.78, 5) is 34.8. The molecule has 2 N–H and O–H groups in total. The topological polar surface area (TPSA) is 102 Å². The third-order valence-electron chi connectivity index (χ3n) is 3.33. The number of carboxylic acid groups (broad SMARTS) is 1. The van der Waals surface area contributed by atoms with Gasteiger partial charge in [0.15, 0.2) is 11.5 Å². The number of hydrogen-bond donors (Lipinski definition) is 2. The van der Waals surface area contributed by atoms with Gasteiger partial charge in [-0.25, -0.2) is 4.79 Å². The van der Waals surface area contributed by atoms with Gasteiger partial charge in [0.05, 0.1) is 18.4 Å². The number of carbonyl (C=O) groups is 3. The standard InChI is InChI=1S/C18H17NO6/c1-10-4-6-13(18(22)23)14(8-10)19-17(21)12-5-7-15(25-11(2)20)16(9-12)24-3/h4-9H,1-3H3,(H,19,21)(H,22,23). The molecule has 0 saturated heterocycles. The number of amides is 1. The first-order valence-electron chi connectivity index (χ1n) is 7.33. The van der Waals surface area contributed by atoms with Gasteiger partial charge in [0.1, 0.15) is 0 Å². The van der Waals surface area contributed by atoms with Crippen LogP contribution in [0.15, 0.2) is 36.4 Å². The molecule has 0 bridgehead atoms. The quantitative estimate of drug-likeness (QED) is 0.639. The maximum atomic E-state index is 12.4. The minimum atomic E-state index is -1.14. The summed E-state index contributed by atoms with van der Waals surface area (Å²) in [6, 6.07) is 8.94. The molecule has 0 unspecified atom stereocenters. The van der Waals surface area contributed by atoms with E-state index in [0.29, 0.717) is 0 Å². The molecule has 0 atom stereocenters. The van der Waals surface area contributed by atoms with Crippen molar-refractivity contribution in [1.29, 1.82) is 0 Å². The molecule has 0 saturated carbocycles. The van der Waals surface area contributed by atoms with Crippen LogP contribution in [0.25, 0.3) is 0 Å². The van der Waals surface area contributed by atoms with Crippen LogP contribution < -0.4 is 14.8 Å². The monoisotopic (exact) mass is 343 g/mol. The fourth-order valence-corrected chi connectivity index (χ4v) is 2.19. The Hall–Kier alpha value is -3.35. The van der Waals surface area contributed by atoms with Crippen molar-refractivity contribution in [3.63, 3.8) is 0 Å². The highest BCUT2D eigenvalue weighted by Gasteiger charge is 2.16. The second kappa shape index (κ2) is 7.48. The van der Waals surface area contributed by atoms with Gasteiger partial charge in [-0.15, -0.1) is 0 Å². The molecule has 0 aliphatic rings. The van der Waals surface area contributed by atoms with E-state index in [1.165, 1.54) is 38.3 Å². The number of benzene rings is 2. The van der Waals surface area contributed by atoms with E-state index in [2.05, 4.69) is 5.32 Å². The summed E-state index contributed by atoms with van der Waals surface area (Å²) in [6.07, 6.45) is 0. The SMILES string of the molecule is COc1cc(C(=O)Nc2cc(C)ccc2C(=O)O)ccc1OC(C)=O. The van der Waals surface area contributed by atoms with Crippen molar-refractivity contribution >= 4 is 23.5 Å². The Bertz CT molecular complexity index is 843. The van der Waals surface area contributed by atoms with Crippen LogP contribution in [-0.4, -0.2) is 30.1 Å². The first-order valence-corrected chi connectivity index (χ1v) is 7.33. The van der Waals surface area contributed by atoms with E-state index in [0.717, 1.165) is 5.56 Å². The zero-order valence-corrected chi connectivity index (χ0v) is 14.0. The van der Waals surface area contributed by atoms with Gasteiger partial charge in [-0.05, 0) is 42.8 Å². The van der Waals surface area contributed by atoms with Crippen LogP contribution in [0.2, 0.25) is 0 Å². The van der Waals surface area contributed by atoms with Crippen molar-refractivity contribution in [2.45, 2.75) is 13.8 Å². The maximum absolute atomic E-state index is 12.4. The zero-order valence-electron chi connectivity index (χ0n) is 14.0. The molecule has 2 aromatic rings. The number of nitrogens with one attached hydrogen (secondary N) is 1. The van der Waals surface area contributed by atoms with Crippen LogP contribution in [0, 0.1) is 6.92 Å². The van der Waals surface area contributed by atoms with Gasteiger partial charge in [0.25, 0.3) is 5.91 Å². The molecule has 0 heterocycles. The van der Waals surface area contributed by atoms with Crippen LogP contribution in [0.3, 0.4) is 0 Å². The normalized spacial score (nSPS) is 10.0. The summed E-state index contributed by atoms with van der Waals surface area (Å²) < 4.78 is 10.1. The zero-order chi connectivity index (χ0) is 18.6. The van der Waals surface area contributed by atoms with E-state index in [1.807, 2.05) is 0 Å². The average molecular weight is 343 g/mol. The lowest BCUT2D eigenvalue weighted by atomic mass is 10.1. The molecule has 2 rings (SSSR count). The number of rotatable bonds is 5. The van der Waals surface area contributed by atoms with Crippen LogP contribution in [-0.2, 0) is 4.79 Å². The third-order valence-corrected chi connectivity index (χ3v) is 3.33. The van der Waals surface area contributed by atoms with Crippen LogP contribution in [0.4, 0.5) is 5.69 Å². The number of esters is 1. The third kappa shape index (κ3) is 4.35. The number of aryl methyl sites for hydroxylation is 1. The Morgan fingerprint density at radius 3 is 2.36 bits per heavy atom. The van der Waals surface area contributed by atoms with Crippen LogP contribution >= 0.6 is 0 Å². The number of hydrogen-bond acceptors (Lipinski definition) is 5. The number of methoxy groups -OCH3 is 1. The molecule has 25 heavy (non-hydrogen) atoms. The summed E-state index contributed by atoms with van der Waals surface area (Å²) >= 11 is 0. The highest BCUT2D eigenvalue weighted by atomic mass is 16.6. The summed E-state index contributed by atoms with van der Waals surface area (Å²) in [5.41, 5.74) is 1.22. The van der Waals surface area contributed by atoms with E-state index in [9.17, 15) is 19.5 Å². The predicted octanol–water partition coefficient (Wildman–Crippen LogP) is 2.88. The first-order chi connectivity index (χ1) is 11.8. The molecule has 1 amide bonds. The molecule has 0 aromatic heterocycles. The van der Waals surface area contributed by atoms with Gasteiger partial charge >= 0.3 is 11.9 Å². The summed E-state index contributed by atoms with van der Waals surface area (Å²) in [5, 5.41) is 11.8. The van der Waals surface area contributed by atoms with Crippen molar-refractivity contribution < 1.29 is 29.0 Å². The number of carbonyl (C=O) groups excluding carboxylic acids is 2. The Balaban J connectivity index is 2.31. The number of anilines is 1. The lowest BCUT2D eigenvalue weighted by Crippen LogP contribution is -2.15. The Labute approximate surface area is 144 Å². The van der Waals surface area contributed by atoms with Gasteiger partial charge in [-0.1, -0.05) is 6.07 Å². The molecular weight excluding hydrogens is 326 g/mol. The Morgan fingerprint density at radius 1 is 1.04 bits per heavy atom. The molecule has 0 fully saturated rings. The van der Waals surface area contributed by atoms with Crippen molar-refractivity contribution in [1.82, 2.24) is 0 Å². The molecule has 130 valence electrons. The Morgan fingerprint density at radius 2 is 1.76 bits per heavy atom. The second-order valence-electron chi connectivity index (χ2n) is 5.27.